The first-order valence-corrected chi connectivity index (χ1v) is 21.9. The molecule has 0 unspecified atom stereocenters. The van der Waals surface area contributed by atoms with Gasteiger partial charge in [0, 0.05) is 58.2 Å². The standard InChI is InChI=1S/C55H38N2S2/c1-55(2)45-19-9-8-18-42(45)43-31-32-47-53(54(43)55)44-33-51-52(59-50-22-11-10-21-49(50)58-51)34-48(44)57(47)40-29-25-36(26-30-40)35-23-27-39(28-24-35)56(38-15-4-3-5-16-38)46-20-12-14-37-13-6-7-17-41(37)46/h3-34H,1-2H3. The first-order chi connectivity index (χ1) is 29.0. The zero-order valence-corrected chi connectivity index (χ0v) is 34.3. The van der Waals surface area contributed by atoms with Gasteiger partial charge in [0.25, 0.3) is 0 Å². The number of rotatable bonds is 5. The Labute approximate surface area is 352 Å². The van der Waals surface area contributed by atoms with Crippen molar-refractivity contribution in [1.29, 1.82) is 0 Å². The lowest BCUT2D eigenvalue weighted by Gasteiger charge is -2.27. The minimum atomic E-state index is -0.130. The number of hydrogen-bond acceptors (Lipinski definition) is 3. The summed E-state index contributed by atoms with van der Waals surface area (Å²) in [7, 11) is 0. The van der Waals surface area contributed by atoms with Gasteiger partial charge in [0.1, 0.15) is 0 Å². The Morgan fingerprint density at radius 1 is 0.458 bits per heavy atom. The first-order valence-electron chi connectivity index (χ1n) is 20.3. The Balaban J connectivity index is 0.975. The van der Waals surface area contributed by atoms with Crippen LogP contribution in [0.15, 0.2) is 214 Å². The smallest absolute Gasteiger partial charge is 0.0553 e. The van der Waals surface area contributed by atoms with Gasteiger partial charge in [-0.2, -0.15) is 0 Å². The molecule has 0 bridgehead atoms. The summed E-state index contributed by atoms with van der Waals surface area (Å²) in [4.78, 5) is 7.66. The number of benzene rings is 9. The maximum atomic E-state index is 2.50. The van der Waals surface area contributed by atoms with Crippen LogP contribution in [-0.4, -0.2) is 4.57 Å². The van der Waals surface area contributed by atoms with Crippen LogP contribution in [0.1, 0.15) is 25.0 Å². The van der Waals surface area contributed by atoms with Crippen LogP contribution in [0.5, 0.6) is 0 Å². The lowest BCUT2D eigenvalue weighted by molar-refractivity contribution is 0.666. The number of aromatic nitrogens is 1. The zero-order chi connectivity index (χ0) is 39.2. The summed E-state index contributed by atoms with van der Waals surface area (Å²) >= 11 is 3.79. The van der Waals surface area contributed by atoms with Crippen LogP contribution in [0, 0.1) is 0 Å². The van der Waals surface area contributed by atoms with Gasteiger partial charge in [-0.05, 0) is 112 Å². The third-order valence-corrected chi connectivity index (χ3v) is 14.9. The van der Waals surface area contributed by atoms with E-state index in [1.165, 1.54) is 91.2 Å². The average molecular weight is 791 g/mol. The second-order valence-corrected chi connectivity index (χ2v) is 18.3. The molecular formula is C55H38N2S2. The Bertz CT molecular complexity index is 3280. The largest absolute Gasteiger partial charge is 0.310 e. The van der Waals surface area contributed by atoms with E-state index in [0.717, 1.165) is 17.1 Å². The van der Waals surface area contributed by atoms with E-state index < -0.39 is 0 Å². The maximum Gasteiger partial charge on any atom is 0.0553 e. The summed E-state index contributed by atoms with van der Waals surface area (Å²) in [5.41, 5.74) is 14.9. The molecule has 1 aromatic heterocycles. The molecule has 0 spiro atoms. The first kappa shape index (κ1) is 34.6. The molecule has 2 aliphatic rings. The van der Waals surface area contributed by atoms with Crippen molar-refractivity contribution in [2.24, 2.45) is 0 Å². The summed E-state index contributed by atoms with van der Waals surface area (Å²) in [6, 6.07) is 71.5. The molecule has 1 aliphatic heterocycles. The molecule has 280 valence electrons. The Morgan fingerprint density at radius 2 is 1.08 bits per heavy atom. The molecule has 59 heavy (non-hydrogen) atoms. The van der Waals surface area contributed by atoms with Crippen molar-refractivity contribution in [3.8, 4) is 27.9 Å². The average Bonchev–Trinajstić information content (AvgIpc) is 3.72. The lowest BCUT2D eigenvalue weighted by Crippen LogP contribution is -2.15. The normalized spacial score (nSPS) is 13.6. The van der Waals surface area contributed by atoms with Gasteiger partial charge in [-0.25, -0.2) is 0 Å². The minimum absolute atomic E-state index is 0.130. The van der Waals surface area contributed by atoms with E-state index in [1.54, 1.807) is 0 Å². The van der Waals surface area contributed by atoms with E-state index in [1.807, 2.05) is 23.5 Å². The fourth-order valence-electron chi connectivity index (χ4n) is 9.69. The van der Waals surface area contributed by atoms with E-state index in [9.17, 15) is 0 Å². The van der Waals surface area contributed by atoms with Gasteiger partial charge in [-0.3, -0.25) is 0 Å². The minimum Gasteiger partial charge on any atom is -0.310 e. The van der Waals surface area contributed by atoms with Gasteiger partial charge in [-0.15, -0.1) is 0 Å². The van der Waals surface area contributed by atoms with Crippen molar-refractivity contribution in [1.82, 2.24) is 4.57 Å². The summed E-state index contributed by atoms with van der Waals surface area (Å²) in [6.07, 6.45) is 0. The lowest BCUT2D eigenvalue weighted by atomic mass is 9.80. The molecule has 9 aromatic carbocycles. The quantitative estimate of drug-likeness (QED) is 0.172. The molecule has 0 atom stereocenters. The zero-order valence-electron chi connectivity index (χ0n) is 32.7. The number of para-hydroxylation sites is 1. The van der Waals surface area contributed by atoms with Gasteiger partial charge in [0.05, 0.1) is 16.7 Å². The molecule has 0 saturated heterocycles. The van der Waals surface area contributed by atoms with Crippen molar-refractivity contribution < 1.29 is 0 Å². The van der Waals surface area contributed by atoms with Gasteiger partial charge in [0.15, 0.2) is 0 Å². The Morgan fingerprint density at radius 3 is 1.86 bits per heavy atom. The fraction of sp³-hybridized carbons (Fsp3) is 0.0545. The van der Waals surface area contributed by atoms with Crippen LogP contribution in [-0.2, 0) is 5.41 Å². The van der Waals surface area contributed by atoms with Crippen LogP contribution < -0.4 is 4.90 Å². The number of hydrogen-bond donors (Lipinski definition) is 0. The van der Waals surface area contributed by atoms with E-state index >= 15 is 0 Å². The van der Waals surface area contributed by atoms with E-state index in [4.69, 9.17) is 0 Å². The molecule has 0 saturated carbocycles. The summed E-state index contributed by atoms with van der Waals surface area (Å²) in [5, 5.41) is 5.13. The van der Waals surface area contributed by atoms with Crippen molar-refractivity contribution >= 4 is 73.2 Å². The van der Waals surface area contributed by atoms with Crippen molar-refractivity contribution in [3.63, 3.8) is 0 Å². The fourth-order valence-corrected chi connectivity index (χ4v) is 12.0. The third-order valence-electron chi connectivity index (χ3n) is 12.4. The Hall–Kier alpha value is -6.46. The predicted molar refractivity (Wildman–Crippen MR) is 251 cm³/mol. The van der Waals surface area contributed by atoms with Crippen LogP contribution in [0.2, 0.25) is 0 Å². The molecule has 2 nitrogen and oxygen atoms in total. The van der Waals surface area contributed by atoms with E-state index in [-0.39, 0.29) is 5.41 Å². The molecule has 10 aromatic rings. The summed E-state index contributed by atoms with van der Waals surface area (Å²) in [5.74, 6) is 0. The maximum absolute atomic E-state index is 2.50. The topological polar surface area (TPSA) is 8.17 Å². The number of nitrogens with zero attached hydrogens (tertiary/aromatic N) is 2. The van der Waals surface area contributed by atoms with Crippen LogP contribution >= 0.6 is 23.5 Å². The van der Waals surface area contributed by atoms with Gasteiger partial charge >= 0.3 is 0 Å². The third kappa shape index (κ3) is 5.37. The van der Waals surface area contributed by atoms with Crippen molar-refractivity contribution in [2.45, 2.75) is 38.8 Å². The number of anilines is 3. The van der Waals surface area contributed by atoms with Gasteiger partial charge in [-0.1, -0.05) is 159 Å². The van der Waals surface area contributed by atoms with Crippen LogP contribution in [0.25, 0.3) is 60.5 Å². The highest BCUT2D eigenvalue weighted by atomic mass is 32.2. The molecule has 0 N–H and O–H groups in total. The molecule has 2 heterocycles. The van der Waals surface area contributed by atoms with Crippen LogP contribution in [0.4, 0.5) is 17.1 Å². The second-order valence-electron chi connectivity index (χ2n) is 16.1. The van der Waals surface area contributed by atoms with Crippen molar-refractivity contribution in [2.75, 3.05) is 4.90 Å². The molecule has 1 aliphatic carbocycles. The highest BCUT2D eigenvalue weighted by Crippen LogP contribution is 2.55. The monoisotopic (exact) mass is 790 g/mol. The molecular weight excluding hydrogens is 753 g/mol. The molecule has 4 heteroatoms. The molecule has 0 amide bonds. The second kappa shape index (κ2) is 13.3. The van der Waals surface area contributed by atoms with Crippen molar-refractivity contribution in [3.05, 3.63) is 205 Å². The highest BCUT2D eigenvalue weighted by Gasteiger charge is 2.38. The molecule has 0 fully saturated rings. The predicted octanol–water partition coefficient (Wildman–Crippen LogP) is 16.0. The number of fused-ring (bicyclic) bond motifs is 10. The summed E-state index contributed by atoms with van der Waals surface area (Å²) < 4.78 is 2.50. The van der Waals surface area contributed by atoms with E-state index in [0.29, 0.717) is 0 Å². The van der Waals surface area contributed by atoms with Gasteiger partial charge < -0.3 is 9.47 Å². The van der Waals surface area contributed by atoms with Crippen LogP contribution in [0.3, 0.4) is 0 Å². The molecule has 12 rings (SSSR count). The SMILES string of the molecule is CC1(C)c2ccccc2-c2ccc3c(c21)c1cc2c(cc1n3-c1ccc(-c3ccc(N(c4ccccc4)c4cccc5ccccc45)cc3)cc1)Sc1ccccc1S2. The molecule has 0 radical (unpaired) electrons. The summed E-state index contributed by atoms with van der Waals surface area (Å²) in [6.45, 7) is 4.81. The Kier molecular flexibility index (Phi) is 7.78. The van der Waals surface area contributed by atoms with E-state index in [2.05, 4.69) is 217 Å². The highest BCUT2D eigenvalue weighted by molar-refractivity contribution is 8.05. The van der Waals surface area contributed by atoms with Gasteiger partial charge in [0.2, 0.25) is 0 Å².